The van der Waals surface area contributed by atoms with E-state index < -0.39 is 5.67 Å². The Labute approximate surface area is 62.0 Å². The normalized spacial score (nSPS) is 21.6. The maximum atomic E-state index is 12.9. The van der Waals surface area contributed by atoms with Crippen LogP contribution in [0.4, 0.5) is 4.39 Å². The van der Waals surface area contributed by atoms with Crippen LogP contribution in [0.2, 0.25) is 0 Å². The molecule has 0 amide bonds. The Balaban J connectivity index is 1.95. The average molecular weight is 145 g/mol. The van der Waals surface area contributed by atoms with E-state index in [0.717, 1.165) is 19.4 Å². The molecule has 0 atom stereocenters. The summed E-state index contributed by atoms with van der Waals surface area (Å²) in [6, 6.07) is 0. The molecule has 0 aromatic rings. The first-order valence-corrected chi connectivity index (χ1v) is 4.02. The number of halogens is 1. The summed E-state index contributed by atoms with van der Waals surface area (Å²) in [5, 5.41) is 3.11. The molecule has 1 aliphatic rings. The van der Waals surface area contributed by atoms with E-state index in [0.29, 0.717) is 12.5 Å². The molecule has 0 aliphatic heterocycles. The van der Waals surface area contributed by atoms with Gasteiger partial charge in [0.05, 0.1) is 0 Å². The van der Waals surface area contributed by atoms with Crippen LogP contribution < -0.4 is 5.32 Å². The van der Waals surface area contributed by atoms with E-state index in [1.807, 2.05) is 0 Å². The van der Waals surface area contributed by atoms with E-state index in [1.54, 1.807) is 0 Å². The summed E-state index contributed by atoms with van der Waals surface area (Å²) in [7, 11) is 0. The van der Waals surface area contributed by atoms with Crippen molar-refractivity contribution in [3.8, 4) is 0 Å². The van der Waals surface area contributed by atoms with Gasteiger partial charge in [0.15, 0.2) is 0 Å². The van der Waals surface area contributed by atoms with Crippen LogP contribution in [0.3, 0.4) is 0 Å². The van der Waals surface area contributed by atoms with Crippen molar-refractivity contribution in [1.29, 1.82) is 0 Å². The zero-order valence-electron chi connectivity index (χ0n) is 6.78. The summed E-state index contributed by atoms with van der Waals surface area (Å²) in [6.07, 6.45) is 1.52. The SMILES string of the molecule is CC(C)CNCC1(F)CC1. The first-order chi connectivity index (χ1) is 4.62. The second-order valence-corrected chi connectivity index (χ2v) is 3.68. The molecule has 0 aromatic heterocycles. The lowest BCUT2D eigenvalue weighted by atomic mass is 10.2. The van der Waals surface area contributed by atoms with Crippen LogP contribution in [0.5, 0.6) is 0 Å². The lowest BCUT2D eigenvalue weighted by Gasteiger charge is -2.08. The Morgan fingerprint density at radius 1 is 1.50 bits per heavy atom. The maximum Gasteiger partial charge on any atom is 0.123 e. The highest BCUT2D eigenvalue weighted by molar-refractivity contribution is 4.95. The van der Waals surface area contributed by atoms with E-state index in [2.05, 4.69) is 19.2 Å². The highest BCUT2D eigenvalue weighted by atomic mass is 19.1. The van der Waals surface area contributed by atoms with Crippen molar-refractivity contribution in [3.63, 3.8) is 0 Å². The monoisotopic (exact) mass is 145 g/mol. The summed E-state index contributed by atoms with van der Waals surface area (Å²) in [5.74, 6) is 0.627. The number of hydrogen-bond donors (Lipinski definition) is 1. The molecule has 1 aliphatic carbocycles. The van der Waals surface area contributed by atoms with Crippen molar-refractivity contribution in [2.75, 3.05) is 13.1 Å². The van der Waals surface area contributed by atoms with Gasteiger partial charge in [0.1, 0.15) is 5.67 Å². The third-order valence-electron chi connectivity index (χ3n) is 1.79. The van der Waals surface area contributed by atoms with E-state index in [4.69, 9.17) is 0 Å². The number of nitrogens with one attached hydrogen (secondary N) is 1. The van der Waals surface area contributed by atoms with E-state index in [1.165, 1.54) is 0 Å². The Bertz CT molecular complexity index is 108. The molecule has 10 heavy (non-hydrogen) atoms. The third-order valence-corrected chi connectivity index (χ3v) is 1.79. The summed E-state index contributed by atoms with van der Waals surface area (Å²) in [6.45, 7) is 5.76. The molecule has 0 unspecified atom stereocenters. The molecule has 0 bridgehead atoms. The van der Waals surface area contributed by atoms with Crippen LogP contribution in [0, 0.1) is 5.92 Å². The fraction of sp³-hybridized carbons (Fsp3) is 1.00. The second kappa shape index (κ2) is 2.87. The molecule has 0 heterocycles. The van der Waals surface area contributed by atoms with Crippen LogP contribution >= 0.6 is 0 Å². The van der Waals surface area contributed by atoms with Crippen molar-refractivity contribution < 1.29 is 4.39 Å². The summed E-state index contributed by atoms with van der Waals surface area (Å²) >= 11 is 0. The molecular weight excluding hydrogens is 129 g/mol. The van der Waals surface area contributed by atoms with Gasteiger partial charge < -0.3 is 5.32 Å². The van der Waals surface area contributed by atoms with Crippen molar-refractivity contribution in [2.45, 2.75) is 32.4 Å². The van der Waals surface area contributed by atoms with Gasteiger partial charge in [-0.3, -0.25) is 0 Å². The van der Waals surface area contributed by atoms with E-state index >= 15 is 0 Å². The Morgan fingerprint density at radius 2 is 2.10 bits per heavy atom. The first-order valence-electron chi connectivity index (χ1n) is 4.02. The van der Waals surface area contributed by atoms with Crippen molar-refractivity contribution >= 4 is 0 Å². The summed E-state index contributed by atoms with van der Waals surface area (Å²) in [5.41, 5.74) is -0.825. The van der Waals surface area contributed by atoms with E-state index in [9.17, 15) is 4.39 Å². The van der Waals surface area contributed by atoms with Gasteiger partial charge in [-0.15, -0.1) is 0 Å². The van der Waals surface area contributed by atoms with Gasteiger partial charge in [-0.1, -0.05) is 13.8 Å². The third kappa shape index (κ3) is 2.65. The topological polar surface area (TPSA) is 12.0 Å². The van der Waals surface area contributed by atoms with Crippen LogP contribution in [-0.4, -0.2) is 18.8 Å². The highest BCUT2D eigenvalue weighted by Gasteiger charge is 2.42. The molecule has 0 radical (unpaired) electrons. The molecule has 1 saturated carbocycles. The lowest BCUT2D eigenvalue weighted by molar-refractivity contribution is 0.291. The number of alkyl halides is 1. The smallest absolute Gasteiger partial charge is 0.123 e. The molecule has 1 fully saturated rings. The van der Waals surface area contributed by atoms with Crippen molar-refractivity contribution in [2.24, 2.45) is 5.92 Å². The highest BCUT2D eigenvalue weighted by Crippen LogP contribution is 2.38. The molecule has 60 valence electrons. The molecule has 0 spiro atoms. The molecule has 0 saturated heterocycles. The largest absolute Gasteiger partial charge is 0.313 e. The molecule has 0 aromatic carbocycles. The van der Waals surface area contributed by atoms with Crippen molar-refractivity contribution in [3.05, 3.63) is 0 Å². The predicted octanol–water partition coefficient (Wildman–Crippen LogP) is 1.73. The minimum absolute atomic E-state index is 0.561. The molecular formula is C8H16FN. The molecule has 1 rings (SSSR count). The Morgan fingerprint density at radius 3 is 2.50 bits per heavy atom. The van der Waals surface area contributed by atoms with Gasteiger partial charge in [-0.05, 0) is 25.3 Å². The van der Waals surface area contributed by atoms with Gasteiger partial charge in [0.2, 0.25) is 0 Å². The van der Waals surface area contributed by atoms with Crippen LogP contribution in [0.25, 0.3) is 0 Å². The van der Waals surface area contributed by atoms with Gasteiger partial charge in [0.25, 0.3) is 0 Å². The van der Waals surface area contributed by atoms with Crippen LogP contribution in [0.1, 0.15) is 26.7 Å². The molecule has 2 heteroatoms. The molecule has 1 N–H and O–H groups in total. The standard InChI is InChI=1S/C8H16FN/c1-7(2)5-10-6-8(9)3-4-8/h7,10H,3-6H2,1-2H3. The number of hydrogen-bond acceptors (Lipinski definition) is 1. The zero-order chi connectivity index (χ0) is 7.61. The maximum absolute atomic E-state index is 12.9. The number of rotatable bonds is 4. The van der Waals surface area contributed by atoms with E-state index in [-0.39, 0.29) is 0 Å². The average Bonchev–Trinajstić information content (AvgIpc) is 2.47. The van der Waals surface area contributed by atoms with Crippen LogP contribution in [0.15, 0.2) is 0 Å². The minimum Gasteiger partial charge on any atom is -0.313 e. The van der Waals surface area contributed by atoms with Gasteiger partial charge in [0, 0.05) is 6.54 Å². The van der Waals surface area contributed by atoms with Gasteiger partial charge >= 0.3 is 0 Å². The Kier molecular flexibility index (Phi) is 2.29. The lowest BCUT2D eigenvalue weighted by Crippen LogP contribution is -2.28. The van der Waals surface area contributed by atoms with Crippen molar-refractivity contribution in [1.82, 2.24) is 5.32 Å². The van der Waals surface area contributed by atoms with Crippen LogP contribution in [-0.2, 0) is 0 Å². The predicted molar refractivity (Wildman–Crippen MR) is 40.8 cm³/mol. The quantitative estimate of drug-likeness (QED) is 0.635. The minimum atomic E-state index is -0.825. The fourth-order valence-corrected chi connectivity index (χ4v) is 0.897. The fourth-order valence-electron chi connectivity index (χ4n) is 0.897. The molecule has 1 nitrogen and oxygen atoms in total. The summed E-state index contributed by atoms with van der Waals surface area (Å²) in [4.78, 5) is 0. The van der Waals surface area contributed by atoms with Gasteiger partial charge in [-0.25, -0.2) is 4.39 Å². The van der Waals surface area contributed by atoms with Gasteiger partial charge in [-0.2, -0.15) is 0 Å². The second-order valence-electron chi connectivity index (χ2n) is 3.68. The first kappa shape index (κ1) is 7.99. The Hall–Kier alpha value is -0.110. The summed E-state index contributed by atoms with van der Waals surface area (Å²) < 4.78 is 12.9. The zero-order valence-corrected chi connectivity index (χ0v) is 6.78.